The fourth-order valence-electron chi connectivity index (χ4n) is 2.50. The molecule has 2 unspecified atom stereocenters. The number of benzene rings is 2. The summed E-state index contributed by atoms with van der Waals surface area (Å²) in [6, 6.07) is 19.8. The molecule has 0 bridgehead atoms. The van der Waals surface area contributed by atoms with E-state index in [1.54, 1.807) is 0 Å². The maximum atomic E-state index is 3.39. The second-order valence-electron chi connectivity index (χ2n) is 4.82. The standard InChI is InChI=1S/C17H21N/c1-13-9-7-8-12-16(13)17(14(2)18-3)15-10-5-4-6-11-15/h4-12,14,17-18H,1-3H3. The smallest absolute Gasteiger partial charge is 0.0243 e. The van der Waals surface area contributed by atoms with E-state index in [2.05, 4.69) is 73.8 Å². The van der Waals surface area contributed by atoms with Crippen molar-refractivity contribution in [1.82, 2.24) is 5.32 Å². The van der Waals surface area contributed by atoms with E-state index in [1.165, 1.54) is 16.7 Å². The van der Waals surface area contributed by atoms with Crippen molar-refractivity contribution < 1.29 is 0 Å². The largest absolute Gasteiger partial charge is 0.316 e. The molecule has 0 aliphatic heterocycles. The fraction of sp³-hybridized carbons (Fsp3) is 0.294. The molecule has 0 radical (unpaired) electrons. The normalized spacial score (nSPS) is 14.2. The predicted octanol–water partition coefficient (Wildman–Crippen LogP) is 3.73. The number of nitrogens with one attached hydrogen (secondary N) is 1. The van der Waals surface area contributed by atoms with Gasteiger partial charge in [-0.3, -0.25) is 0 Å². The van der Waals surface area contributed by atoms with Crippen LogP contribution in [0.3, 0.4) is 0 Å². The summed E-state index contributed by atoms with van der Waals surface area (Å²) in [7, 11) is 2.03. The average Bonchev–Trinajstić information content (AvgIpc) is 2.42. The summed E-state index contributed by atoms with van der Waals surface area (Å²) in [5.41, 5.74) is 4.13. The molecular weight excluding hydrogens is 218 g/mol. The third-order valence-corrected chi connectivity index (χ3v) is 3.64. The van der Waals surface area contributed by atoms with E-state index in [-0.39, 0.29) is 0 Å². The summed E-state index contributed by atoms with van der Waals surface area (Å²) in [6.07, 6.45) is 0. The van der Waals surface area contributed by atoms with E-state index in [0.717, 1.165) is 0 Å². The third-order valence-electron chi connectivity index (χ3n) is 3.64. The van der Waals surface area contributed by atoms with Crippen molar-refractivity contribution in [3.05, 3.63) is 71.3 Å². The van der Waals surface area contributed by atoms with Gasteiger partial charge in [-0.15, -0.1) is 0 Å². The van der Waals surface area contributed by atoms with Gasteiger partial charge in [0.2, 0.25) is 0 Å². The lowest BCUT2D eigenvalue weighted by atomic mass is 9.84. The zero-order valence-electron chi connectivity index (χ0n) is 11.4. The SMILES string of the molecule is CNC(C)C(c1ccccc1)c1ccccc1C. The van der Waals surface area contributed by atoms with Crippen molar-refractivity contribution in [2.45, 2.75) is 25.8 Å². The summed E-state index contributed by atoms with van der Waals surface area (Å²) in [4.78, 5) is 0. The van der Waals surface area contributed by atoms with E-state index in [4.69, 9.17) is 0 Å². The van der Waals surface area contributed by atoms with E-state index in [1.807, 2.05) is 7.05 Å². The molecule has 0 aliphatic carbocycles. The van der Waals surface area contributed by atoms with Gasteiger partial charge in [0.15, 0.2) is 0 Å². The number of aryl methyl sites for hydroxylation is 1. The summed E-state index contributed by atoms with van der Waals surface area (Å²) in [5, 5.41) is 3.39. The van der Waals surface area contributed by atoms with Crippen molar-refractivity contribution in [2.75, 3.05) is 7.05 Å². The molecule has 0 spiro atoms. The van der Waals surface area contributed by atoms with E-state index >= 15 is 0 Å². The minimum atomic E-state index is 0.400. The van der Waals surface area contributed by atoms with Crippen LogP contribution < -0.4 is 5.32 Å². The molecule has 18 heavy (non-hydrogen) atoms. The lowest BCUT2D eigenvalue weighted by molar-refractivity contribution is 0.545. The van der Waals surface area contributed by atoms with Crippen molar-refractivity contribution in [2.24, 2.45) is 0 Å². The first-order chi connectivity index (χ1) is 8.74. The van der Waals surface area contributed by atoms with Crippen LogP contribution in [0, 0.1) is 6.92 Å². The van der Waals surface area contributed by atoms with E-state index in [9.17, 15) is 0 Å². The molecule has 1 heteroatoms. The van der Waals surface area contributed by atoms with Gasteiger partial charge < -0.3 is 5.32 Å². The van der Waals surface area contributed by atoms with Gasteiger partial charge in [-0.25, -0.2) is 0 Å². The molecule has 1 nitrogen and oxygen atoms in total. The Hall–Kier alpha value is -1.60. The van der Waals surface area contributed by atoms with Gasteiger partial charge in [0.1, 0.15) is 0 Å². The van der Waals surface area contributed by atoms with Crippen LogP contribution in [0.1, 0.15) is 29.5 Å². The molecule has 0 aromatic heterocycles. The van der Waals surface area contributed by atoms with Crippen molar-refractivity contribution in [1.29, 1.82) is 0 Å². The van der Waals surface area contributed by atoms with Gasteiger partial charge in [0.25, 0.3) is 0 Å². The number of hydrogen-bond donors (Lipinski definition) is 1. The third kappa shape index (κ3) is 2.62. The average molecular weight is 239 g/mol. The summed E-state index contributed by atoms with van der Waals surface area (Å²) in [6.45, 7) is 4.43. The Labute approximate surface area is 110 Å². The van der Waals surface area contributed by atoms with Gasteiger partial charge in [0, 0.05) is 12.0 Å². The van der Waals surface area contributed by atoms with Gasteiger partial charge >= 0.3 is 0 Å². The van der Waals surface area contributed by atoms with Crippen LogP contribution in [-0.4, -0.2) is 13.1 Å². The Balaban J connectivity index is 2.47. The highest BCUT2D eigenvalue weighted by Gasteiger charge is 2.21. The summed E-state index contributed by atoms with van der Waals surface area (Å²) >= 11 is 0. The topological polar surface area (TPSA) is 12.0 Å². The molecule has 0 fully saturated rings. The van der Waals surface area contributed by atoms with Gasteiger partial charge in [-0.2, -0.15) is 0 Å². The van der Waals surface area contributed by atoms with E-state index < -0.39 is 0 Å². The Morgan fingerprint density at radius 2 is 1.50 bits per heavy atom. The van der Waals surface area contributed by atoms with Crippen LogP contribution in [0.4, 0.5) is 0 Å². The molecule has 1 N–H and O–H groups in total. The molecule has 0 amide bonds. The molecular formula is C17H21N. The van der Waals surface area contributed by atoms with Crippen LogP contribution in [0.5, 0.6) is 0 Å². The molecule has 0 heterocycles. The summed E-state index contributed by atoms with van der Waals surface area (Å²) < 4.78 is 0. The molecule has 2 rings (SSSR count). The molecule has 2 aromatic carbocycles. The van der Waals surface area contributed by atoms with Crippen LogP contribution in [0.2, 0.25) is 0 Å². The Morgan fingerprint density at radius 3 is 2.11 bits per heavy atom. The lowest BCUT2D eigenvalue weighted by Crippen LogP contribution is -2.30. The van der Waals surface area contributed by atoms with Crippen molar-refractivity contribution in [3.63, 3.8) is 0 Å². The minimum Gasteiger partial charge on any atom is -0.316 e. The number of likely N-dealkylation sites (N-methyl/N-ethyl adjacent to an activating group) is 1. The zero-order chi connectivity index (χ0) is 13.0. The summed E-state index contributed by atoms with van der Waals surface area (Å²) in [5.74, 6) is 0.400. The Bertz CT molecular complexity index is 490. The molecule has 2 aromatic rings. The van der Waals surface area contributed by atoms with Crippen LogP contribution in [0.25, 0.3) is 0 Å². The number of hydrogen-bond acceptors (Lipinski definition) is 1. The number of rotatable bonds is 4. The highest BCUT2D eigenvalue weighted by Crippen LogP contribution is 2.29. The predicted molar refractivity (Wildman–Crippen MR) is 78.0 cm³/mol. The monoisotopic (exact) mass is 239 g/mol. The second kappa shape index (κ2) is 5.83. The van der Waals surface area contributed by atoms with Crippen molar-refractivity contribution >= 4 is 0 Å². The lowest BCUT2D eigenvalue weighted by Gasteiger charge is -2.26. The quantitative estimate of drug-likeness (QED) is 0.857. The minimum absolute atomic E-state index is 0.400. The van der Waals surface area contributed by atoms with Crippen LogP contribution >= 0.6 is 0 Å². The molecule has 94 valence electrons. The first-order valence-corrected chi connectivity index (χ1v) is 6.51. The van der Waals surface area contributed by atoms with Crippen LogP contribution in [0.15, 0.2) is 54.6 Å². The second-order valence-corrected chi connectivity index (χ2v) is 4.82. The van der Waals surface area contributed by atoms with Gasteiger partial charge in [0.05, 0.1) is 0 Å². The van der Waals surface area contributed by atoms with Gasteiger partial charge in [-0.1, -0.05) is 54.6 Å². The molecule has 0 saturated carbocycles. The maximum absolute atomic E-state index is 3.39. The van der Waals surface area contributed by atoms with Crippen LogP contribution in [-0.2, 0) is 0 Å². The molecule has 0 saturated heterocycles. The first-order valence-electron chi connectivity index (χ1n) is 6.51. The zero-order valence-corrected chi connectivity index (χ0v) is 11.4. The first kappa shape index (κ1) is 12.8. The maximum Gasteiger partial charge on any atom is 0.0243 e. The van der Waals surface area contributed by atoms with Gasteiger partial charge in [-0.05, 0) is 37.6 Å². The highest BCUT2D eigenvalue weighted by molar-refractivity contribution is 5.38. The van der Waals surface area contributed by atoms with E-state index in [0.29, 0.717) is 12.0 Å². The highest BCUT2D eigenvalue weighted by atomic mass is 14.9. The molecule has 2 atom stereocenters. The molecule has 0 aliphatic rings. The fourth-order valence-corrected chi connectivity index (χ4v) is 2.50. The Kier molecular flexibility index (Phi) is 4.16. The Morgan fingerprint density at radius 1 is 0.889 bits per heavy atom. The van der Waals surface area contributed by atoms with Crippen molar-refractivity contribution in [3.8, 4) is 0 Å².